The molecular weight excluding hydrogens is 455 g/mol. The number of nitrogens with one attached hydrogen (secondary N) is 2. The maximum atomic E-state index is 13.4. The number of aryl methyl sites for hydroxylation is 1. The van der Waals surface area contributed by atoms with Crippen molar-refractivity contribution in [1.29, 1.82) is 0 Å². The van der Waals surface area contributed by atoms with Crippen molar-refractivity contribution >= 4 is 22.7 Å². The van der Waals surface area contributed by atoms with Gasteiger partial charge >= 0.3 is 0 Å². The van der Waals surface area contributed by atoms with Crippen LogP contribution in [0.15, 0.2) is 54.3 Å². The molecular formula is C25H25FN4O3S. The van der Waals surface area contributed by atoms with Crippen molar-refractivity contribution in [2.75, 3.05) is 0 Å². The molecule has 1 aliphatic carbocycles. The molecule has 0 fully saturated rings. The summed E-state index contributed by atoms with van der Waals surface area (Å²) < 4.78 is 29.5. The average molecular weight is 481 g/mol. The predicted molar refractivity (Wildman–Crippen MR) is 128 cm³/mol. The summed E-state index contributed by atoms with van der Waals surface area (Å²) in [6.07, 6.45) is 2.74. The maximum Gasteiger partial charge on any atom is 0.270 e. The number of benzene rings is 2. The third kappa shape index (κ3) is 4.90. The highest BCUT2D eigenvalue weighted by atomic mass is 32.2. The lowest BCUT2D eigenvalue weighted by molar-refractivity contribution is 0.0945. The molecule has 176 valence electrons. The summed E-state index contributed by atoms with van der Waals surface area (Å²) in [7, 11) is -1.66. The fourth-order valence-corrected chi connectivity index (χ4v) is 5.15. The van der Waals surface area contributed by atoms with Crippen LogP contribution >= 0.6 is 0 Å². The molecule has 2 unspecified atom stereocenters. The standard InChI is InChI=1S/C25H25FN4O3S/c1-14-10-17(4-8-21(14)26)12-27-25(32)23-11-24(29-13-28-23)34(33)30-22-9-7-19-15(2)18(16(3)31)5-6-20(19)22/h4-6,8,10-11,13,22,30-31H,3,7,9,12H2,1-2H3,(H,27,32). The van der Waals surface area contributed by atoms with Crippen molar-refractivity contribution in [3.63, 3.8) is 0 Å². The largest absolute Gasteiger partial charge is 0.508 e. The number of carbonyl (C=O) groups is 1. The van der Waals surface area contributed by atoms with E-state index in [2.05, 4.69) is 26.6 Å². The molecule has 1 heterocycles. The van der Waals surface area contributed by atoms with Gasteiger partial charge < -0.3 is 10.4 Å². The third-order valence-corrected chi connectivity index (χ3v) is 7.10. The quantitative estimate of drug-likeness (QED) is 0.350. The summed E-state index contributed by atoms with van der Waals surface area (Å²) in [5.74, 6) is -0.715. The smallest absolute Gasteiger partial charge is 0.270 e. The molecule has 9 heteroatoms. The monoisotopic (exact) mass is 480 g/mol. The zero-order chi connectivity index (χ0) is 24.4. The van der Waals surface area contributed by atoms with Gasteiger partial charge in [0.1, 0.15) is 39.6 Å². The Morgan fingerprint density at radius 3 is 2.76 bits per heavy atom. The van der Waals surface area contributed by atoms with Gasteiger partial charge in [-0.2, -0.15) is 0 Å². The van der Waals surface area contributed by atoms with E-state index < -0.39 is 16.9 Å². The van der Waals surface area contributed by atoms with E-state index in [-0.39, 0.29) is 34.9 Å². The molecule has 0 bridgehead atoms. The van der Waals surface area contributed by atoms with Crippen molar-refractivity contribution in [2.24, 2.45) is 0 Å². The summed E-state index contributed by atoms with van der Waals surface area (Å²) in [5.41, 5.74) is 5.17. The van der Waals surface area contributed by atoms with Crippen LogP contribution < -0.4 is 10.0 Å². The first-order valence-electron chi connectivity index (χ1n) is 10.8. The van der Waals surface area contributed by atoms with E-state index in [1.165, 1.54) is 18.5 Å². The molecule has 0 aliphatic heterocycles. The summed E-state index contributed by atoms with van der Waals surface area (Å²) in [5, 5.41) is 12.7. The van der Waals surface area contributed by atoms with Crippen molar-refractivity contribution in [3.8, 4) is 0 Å². The lowest BCUT2D eigenvalue weighted by Gasteiger charge is -2.15. The fraction of sp³-hybridized carbons (Fsp3) is 0.240. The second-order valence-corrected chi connectivity index (χ2v) is 9.43. The number of aromatic nitrogens is 2. The number of rotatable bonds is 7. The molecule has 4 rings (SSSR count). The molecule has 0 saturated carbocycles. The van der Waals surface area contributed by atoms with Gasteiger partial charge in [-0.3, -0.25) is 4.79 Å². The number of aliphatic hydroxyl groups excluding tert-OH is 1. The zero-order valence-corrected chi connectivity index (χ0v) is 19.7. The Hall–Kier alpha value is -3.43. The number of hydrogen-bond donors (Lipinski definition) is 3. The minimum Gasteiger partial charge on any atom is -0.508 e. The van der Waals surface area contributed by atoms with Crippen LogP contribution in [0, 0.1) is 19.7 Å². The molecule has 1 aliphatic rings. The van der Waals surface area contributed by atoms with E-state index in [0.717, 1.165) is 35.1 Å². The molecule has 1 aromatic heterocycles. The van der Waals surface area contributed by atoms with Crippen molar-refractivity contribution < 1.29 is 18.5 Å². The maximum absolute atomic E-state index is 13.4. The van der Waals surface area contributed by atoms with Gasteiger partial charge in [0.25, 0.3) is 5.91 Å². The lowest BCUT2D eigenvalue weighted by Crippen LogP contribution is -2.26. The number of aliphatic hydroxyl groups is 1. The first kappa shape index (κ1) is 23.7. The van der Waals surface area contributed by atoms with E-state index in [9.17, 15) is 18.5 Å². The lowest BCUT2D eigenvalue weighted by atomic mass is 9.97. The zero-order valence-electron chi connectivity index (χ0n) is 18.9. The van der Waals surface area contributed by atoms with Crippen LogP contribution in [0.1, 0.15) is 56.3 Å². The number of amides is 1. The Labute approximate surface area is 199 Å². The van der Waals surface area contributed by atoms with Gasteiger partial charge in [-0.25, -0.2) is 23.3 Å². The molecule has 3 aromatic rings. The average Bonchev–Trinajstić information content (AvgIpc) is 3.23. The van der Waals surface area contributed by atoms with Crippen LogP contribution in [0.3, 0.4) is 0 Å². The van der Waals surface area contributed by atoms with Gasteiger partial charge in [-0.15, -0.1) is 0 Å². The molecule has 3 N–H and O–H groups in total. The van der Waals surface area contributed by atoms with Crippen LogP contribution in [0.2, 0.25) is 0 Å². The van der Waals surface area contributed by atoms with Crippen LogP contribution in [0.4, 0.5) is 4.39 Å². The topological polar surface area (TPSA) is 104 Å². The summed E-state index contributed by atoms with van der Waals surface area (Å²) >= 11 is 0. The number of nitrogens with zero attached hydrogens (tertiary/aromatic N) is 2. The molecule has 1 amide bonds. The van der Waals surface area contributed by atoms with Gasteiger partial charge in [-0.1, -0.05) is 30.8 Å². The molecule has 2 aromatic carbocycles. The van der Waals surface area contributed by atoms with E-state index in [0.29, 0.717) is 11.1 Å². The second kappa shape index (κ2) is 9.82. The number of carbonyl (C=O) groups excluding carboxylic acids is 1. The first-order valence-corrected chi connectivity index (χ1v) is 11.9. The predicted octanol–water partition coefficient (Wildman–Crippen LogP) is 3.99. The third-order valence-electron chi connectivity index (χ3n) is 5.99. The Bertz CT molecular complexity index is 1310. The van der Waals surface area contributed by atoms with Crippen molar-refractivity contribution in [3.05, 3.63) is 94.2 Å². The Morgan fingerprint density at radius 1 is 1.24 bits per heavy atom. The molecule has 0 radical (unpaired) electrons. The fourth-order valence-electron chi connectivity index (χ4n) is 4.16. The van der Waals surface area contributed by atoms with Crippen LogP contribution in [0.25, 0.3) is 5.76 Å². The summed E-state index contributed by atoms with van der Waals surface area (Å²) in [6, 6.07) is 9.61. The van der Waals surface area contributed by atoms with E-state index in [1.54, 1.807) is 19.1 Å². The van der Waals surface area contributed by atoms with Gasteiger partial charge in [0, 0.05) is 24.2 Å². The second-order valence-electron chi connectivity index (χ2n) is 8.24. The van der Waals surface area contributed by atoms with E-state index in [4.69, 9.17) is 0 Å². The summed E-state index contributed by atoms with van der Waals surface area (Å²) in [6.45, 7) is 7.42. The first-order chi connectivity index (χ1) is 16.2. The highest BCUT2D eigenvalue weighted by Crippen LogP contribution is 2.36. The molecule has 34 heavy (non-hydrogen) atoms. The molecule has 7 nitrogen and oxygen atoms in total. The minimum atomic E-state index is -1.66. The number of halogens is 1. The molecule has 2 atom stereocenters. The van der Waals surface area contributed by atoms with E-state index in [1.807, 2.05) is 19.1 Å². The van der Waals surface area contributed by atoms with Crippen molar-refractivity contribution in [2.45, 2.75) is 44.3 Å². The Balaban J connectivity index is 1.43. The Kier molecular flexibility index (Phi) is 6.85. The SMILES string of the molecule is C=C(O)c1ccc2c(c1C)CCC2NS(=O)c1cc(C(=O)NCc2ccc(F)c(C)c2)ncn1. The van der Waals surface area contributed by atoms with Crippen molar-refractivity contribution in [1.82, 2.24) is 20.0 Å². The Morgan fingerprint density at radius 2 is 2.03 bits per heavy atom. The minimum absolute atomic E-state index is 0.0293. The van der Waals surface area contributed by atoms with Crippen LogP contribution in [0.5, 0.6) is 0 Å². The van der Waals surface area contributed by atoms with Gasteiger partial charge in [0.2, 0.25) is 0 Å². The molecule has 0 spiro atoms. The summed E-state index contributed by atoms with van der Waals surface area (Å²) in [4.78, 5) is 20.6. The van der Waals surface area contributed by atoms with Gasteiger partial charge in [0.15, 0.2) is 0 Å². The number of fused-ring (bicyclic) bond motifs is 1. The molecule has 0 saturated heterocycles. The van der Waals surface area contributed by atoms with Crippen LogP contribution in [-0.4, -0.2) is 25.2 Å². The van der Waals surface area contributed by atoms with Gasteiger partial charge in [0.05, 0.1) is 0 Å². The van der Waals surface area contributed by atoms with E-state index >= 15 is 0 Å². The normalized spacial score (nSPS) is 15.6. The highest BCUT2D eigenvalue weighted by Gasteiger charge is 2.27. The highest BCUT2D eigenvalue weighted by molar-refractivity contribution is 7.83. The number of hydrogen-bond acceptors (Lipinski definition) is 5. The van der Waals surface area contributed by atoms with Gasteiger partial charge in [-0.05, 0) is 60.6 Å². The van der Waals surface area contributed by atoms with Crippen LogP contribution in [-0.2, 0) is 24.0 Å².